The van der Waals surface area contributed by atoms with Crippen molar-refractivity contribution in [3.05, 3.63) is 58.9 Å². The molecule has 180 valence electrons. The molecule has 1 N–H and O–H groups in total. The van der Waals surface area contributed by atoms with Crippen LogP contribution in [0.25, 0.3) is 0 Å². The van der Waals surface area contributed by atoms with Gasteiger partial charge in [-0.3, -0.25) is 9.59 Å². The molecule has 9 heteroatoms. The molecule has 0 spiro atoms. The first-order valence-electron chi connectivity index (χ1n) is 11.4. The Kier molecular flexibility index (Phi) is 6.54. The number of halogens is 1. The third kappa shape index (κ3) is 5.18. The maximum absolute atomic E-state index is 14.6. The molecule has 0 saturated carbocycles. The molecule has 1 saturated heterocycles. The summed E-state index contributed by atoms with van der Waals surface area (Å²) >= 11 is 0. The van der Waals surface area contributed by atoms with Gasteiger partial charge in [-0.2, -0.15) is 5.10 Å². The Balaban J connectivity index is 1.44. The van der Waals surface area contributed by atoms with Gasteiger partial charge in [-0.1, -0.05) is 24.3 Å². The smallest absolute Gasteiger partial charge is 0.410 e. The fourth-order valence-electron chi connectivity index (χ4n) is 4.21. The van der Waals surface area contributed by atoms with Crippen molar-refractivity contribution in [2.45, 2.75) is 39.2 Å². The number of carbonyl (C=O) groups is 3. The number of hydrazone groups is 1. The second-order valence-corrected chi connectivity index (χ2v) is 9.62. The zero-order valence-electron chi connectivity index (χ0n) is 19.6. The number of allylic oxidation sites excluding steroid dienone is 3. The van der Waals surface area contributed by atoms with Crippen LogP contribution in [0.1, 0.15) is 43.1 Å². The van der Waals surface area contributed by atoms with Gasteiger partial charge in [0.2, 0.25) is 5.91 Å². The SMILES string of the molecule is CC(C)(C)OC(=O)N1CCN(C(=O)c2cc(CC3=NNC(=O)C4CC=CC=C34)ccc2F)CC1. The van der Waals surface area contributed by atoms with Gasteiger partial charge < -0.3 is 14.5 Å². The topological polar surface area (TPSA) is 91.3 Å². The fraction of sp³-hybridized carbons (Fsp3) is 0.440. The summed E-state index contributed by atoms with van der Waals surface area (Å²) in [5.41, 5.74) is 4.22. The maximum Gasteiger partial charge on any atom is 0.410 e. The second kappa shape index (κ2) is 9.40. The Morgan fingerprint density at radius 1 is 1.18 bits per heavy atom. The first-order valence-corrected chi connectivity index (χ1v) is 11.4. The van der Waals surface area contributed by atoms with E-state index in [9.17, 15) is 18.8 Å². The summed E-state index contributed by atoms with van der Waals surface area (Å²) < 4.78 is 20.0. The number of carbonyl (C=O) groups excluding carboxylic acids is 3. The van der Waals surface area contributed by atoms with Gasteiger partial charge in [0.15, 0.2) is 0 Å². The number of nitrogens with one attached hydrogen (secondary N) is 1. The predicted molar refractivity (Wildman–Crippen MR) is 125 cm³/mol. The van der Waals surface area contributed by atoms with Gasteiger partial charge in [0.25, 0.3) is 5.91 Å². The van der Waals surface area contributed by atoms with Crippen molar-refractivity contribution in [3.63, 3.8) is 0 Å². The molecule has 8 nitrogen and oxygen atoms in total. The van der Waals surface area contributed by atoms with Crippen LogP contribution >= 0.6 is 0 Å². The third-order valence-electron chi connectivity index (χ3n) is 5.96. The number of ether oxygens (including phenoxy) is 1. The summed E-state index contributed by atoms with van der Waals surface area (Å²) in [5, 5.41) is 4.20. The molecule has 3 aliphatic rings. The van der Waals surface area contributed by atoms with E-state index in [1.807, 2.05) is 18.2 Å². The van der Waals surface area contributed by atoms with Gasteiger partial charge >= 0.3 is 6.09 Å². The number of fused-ring (bicyclic) bond motifs is 1. The van der Waals surface area contributed by atoms with E-state index in [-0.39, 0.29) is 17.4 Å². The summed E-state index contributed by atoms with van der Waals surface area (Å²) in [5.74, 6) is -1.43. The number of benzene rings is 1. The molecule has 2 aliphatic heterocycles. The summed E-state index contributed by atoms with van der Waals surface area (Å²) in [4.78, 5) is 40.5. The minimum Gasteiger partial charge on any atom is -0.444 e. The molecule has 0 aromatic heterocycles. The molecular formula is C25H29FN4O4. The van der Waals surface area contributed by atoms with Crippen LogP contribution in [0.4, 0.5) is 9.18 Å². The summed E-state index contributed by atoms with van der Waals surface area (Å²) in [6.45, 7) is 6.63. The van der Waals surface area contributed by atoms with Crippen molar-refractivity contribution >= 4 is 23.6 Å². The molecule has 34 heavy (non-hydrogen) atoms. The average Bonchev–Trinajstić information content (AvgIpc) is 2.81. The number of hydrogen-bond acceptors (Lipinski definition) is 5. The number of amides is 3. The van der Waals surface area contributed by atoms with Crippen LogP contribution in [0.2, 0.25) is 0 Å². The van der Waals surface area contributed by atoms with Crippen molar-refractivity contribution < 1.29 is 23.5 Å². The van der Waals surface area contributed by atoms with E-state index in [2.05, 4.69) is 10.5 Å². The monoisotopic (exact) mass is 468 g/mol. The molecule has 2 heterocycles. The van der Waals surface area contributed by atoms with E-state index in [1.165, 1.54) is 6.07 Å². The number of rotatable bonds is 3. The predicted octanol–water partition coefficient (Wildman–Crippen LogP) is 3.05. The quantitative estimate of drug-likeness (QED) is 0.738. The lowest BCUT2D eigenvalue weighted by Gasteiger charge is -2.35. The van der Waals surface area contributed by atoms with E-state index in [1.54, 1.807) is 42.7 Å². The lowest BCUT2D eigenvalue weighted by Crippen LogP contribution is -2.51. The Labute approximate surface area is 198 Å². The largest absolute Gasteiger partial charge is 0.444 e. The summed E-state index contributed by atoms with van der Waals surface area (Å²) in [6.07, 6.45) is 6.27. The van der Waals surface area contributed by atoms with Gasteiger partial charge in [0, 0.05) is 32.6 Å². The first-order chi connectivity index (χ1) is 16.1. The normalized spacial score (nSPS) is 20.2. The Morgan fingerprint density at radius 3 is 2.59 bits per heavy atom. The standard InChI is InChI=1S/C25H29FN4O4/c1-25(2,3)34-24(33)30-12-10-29(11-13-30)23(32)19-14-16(8-9-20(19)26)15-21-17-6-4-5-7-18(17)22(31)28-27-21/h4-6,8-9,14,18H,7,10-13,15H2,1-3H3,(H,28,31). The number of nitrogens with zero attached hydrogens (tertiary/aromatic N) is 3. The highest BCUT2D eigenvalue weighted by molar-refractivity contribution is 6.09. The Hall–Kier alpha value is -3.49. The molecule has 0 radical (unpaired) electrons. The van der Waals surface area contributed by atoms with E-state index in [0.717, 1.165) is 11.1 Å². The van der Waals surface area contributed by atoms with E-state index < -0.39 is 23.4 Å². The first kappa shape index (κ1) is 23.7. The van der Waals surface area contributed by atoms with E-state index in [4.69, 9.17) is 4.74 Å². The van der Waals surface area contributed by atoms with Gasteiger partial charge in [0.05, 0.1) is 17.2 Å². The van der Waals surface area contributed by atoms with Crippen LogP contribution in [0.3, 0.4) is 0 Å². The molecule has 1 unspecified atom stereocenters. The van der Waals surface area contributed by atoms with Crippen molar-refractivity contribution in [2.75, 3.05) is 26.2 Å². The second-order valence-electron chi connectivity index (χ2n) is 9.62. The minimum absolute atomic E-state index is 0.0160. The van der Waals surface area contributed by atoms with Gasteiger partial charge in [-0.05, 0) is 50.5 Å². The van der Waals surface area contributed by atoms with Crippen LogP contribution in [0.5, 0.6) is 0 Å². The molecule has 1 aromatic carbocycles. The molecule has 1 atom stereocenters. The van der Waals surface area contributed by atoms with E-state index in [0.29, 0.717) is 44.7 Å². The molecular weight excluding hydrogens is 439 g/mol. The summed E-state index contributed by atoms with van der Waals surface area (Å²) in [7, 11) is 0. The van der Waals surface area contributed by atoms with Crippen molar-refractivity contribution in [2.24, 2.45) is 11.0 Å². The summed E-state index contributed by atoms with van der Waals surface area (Å²) in [6, 6.07) is 4.46. The van der Waals surface area contributed by atoms with Crippen molar-refractivity contribution in [3.8, 4) is 0 Å². The average molecular weight is 469 g/mol. The highest BCUT2D eigenvalue weighted by Crippen LogP contribution is 2.27. The Bertz CT molecular complexity index is 1090. The molecule has 0 bridgehead atoms. The molecule has 1 fully saturated rings. The molecule has 3 amide bonds. The maximum atomic E-state index is 14.6. The van der Waals surface area contributed by atoms with Crippen LogP contribution < -0.4 is 5.43 Å². The van der Waals surface area contributed by atoms with Crippen LogP contribution in [0, 0.1) is 11.7 Å². The zero-order valence-corrected chi connectivity index (χ0v) is 19.6. The van der Waals surface area contributed by atoms with Crippen LogP contribution in [0.15, 0.2) is 47.1 Å². The van der Waals surface area contributed by atoms with Crippen LogP contribution in [-0.4, -0.2) is 65.2 Å². The van der Waals surface area contributed by atoms with E-state index >= 15 is 0 Å². The Morgan fingerprint density at radius 2 is 1.88 bits per heavy atom. The lowest BCUT2D eigenvalue weighted by molar-refractivity contribution is -0.124. The van der Waals surface area contributed by atoms with Crippen LogP contribution in [-0.2, 0) is 16.0 Å². The highest BCUT2D eigenvalue weighted by atomic mass is 19.1. The molecule has 4 rings (SSSR count). The van der Waals surface area contributed by atoms with Crippen molar-refractivity contribution in [1.29, 1.82) is 0 Å². The zero-order chi connectivity index (χ0) is 24.5. The lowest BCUT2D eigenvalue weighted by atomic mass is 9.84. The minimum atomic E-state index is -0.597. The highest BCUT2D eigenvalue weighted by Gasteiger charge is 2.31. The van der Waals surface area contributed by atoms with Crippen molar-refractivity contribution in [1.82, 2.24) is 15.2 Å². The van der Waals surface area contributed by atoms with Gasteiger partial charge in [-0.25, -0.2) is 14.6 Å². The number of piperazine rings is 1. The molecule has 1 aliphatic carbocycles. The van der Waals surface area contributed by atoms with Gasteiger partial charge in [0.1, 0.15) is 11.4 Å². The molecule has 1 aromatic rings. The number of hydrogen-bond donors (Lipinski definition) is 1. The third-order valence-corrected chi connectivity index (χ3v) is 5.96. The van der Waals surface area contributed by atoms with Gasteiger partial charge in [-0.15, -0.1) is 0 Å². The fourth-order valence-corrected chi connectivity index (χ4v) is 4.21.